The minimum Gasteiger partial charge on any atom is -0.357 e. The van der Waals surface area contributed by atoms with E-state index in [0.29, 0.717) is 0 Å². The fourth-order valence-corrected chi connectivity index (χ4v) is 3.66. The molecule has 0 spiro atoms. The van der Waals surface area contributed by atoms with Gasteiger partial charge in [-0.05, 0) is 50.4 Å². The van der Waals surface area contributed by atoms with Gasteiger partial charge in [-0.15, -0.1) is 24.0 Å². The normalized spacial score (nSPS) is 15.8. The molecule has 1 N–H and O–H groups in total. The van der Waals surface area contributed by atoms with E-state index in [1.165, 1.54) is 56.8 Å². The first kappa shape index (κ1) is 26.2. The number of unbranched alkanes of at least 4 members (excludes halogenated alkanes) is 1. The predicted molar refractivity (Wildman–Crippen MR) is 136 cm³/mol. The van der Waals surface area contributed by atoms with E-state index in [1.807, 2.05) is 0 Å². The Morgan fingerprint density at radius 1 is 0.966 bits per heavy atom. The molecule has 0 aliphatic carbocycles. The lowest BCUT2D eigenvalue weighted by atomic mass is 10.1. The van der Waals surface area contributed by atoms with Crippen LogP contribution in [0.3, 0.4) is 0 Å². The Morgan fingerprint density at radius 3 is 2.17 bits per heavy atom. The molecule has 0 aromatic heterocycles. The third-order valence-electron chi connectivity index (χ3n) is 5.60. The number of rotatable bonds is 10. The number of benzene rings is 1. The monoisotopic (exact) mass is 515 g/mol. The fourth-order valence-electron chi connectivity index (χ4n) is 3.66. The number of aryl methyl sites for hydroxylation is 1. The first-order valence-corrected chi connectivity index (χ1v) is 11.2. The molecule has 5 nitrogen and oxygen atoms in total. The van der Waals surface area contributed by atoms with E-state index in [0.717, 1.165) is 38.4 Å². The summed E-state index contributed by atoms with van der Waals surface area (Å²) >= 11 is 0. The summed E-state index contributed by atoms with van der Waals surface area (Å²) in [5, 5.41) is 3.44. The third kappa shape index (κ3) is 9.66. The Morgan fingerprint density at radius 2 is 1.59 bits per heavy atom. The van der Waals surface area contributed by atoms with Crippen molar-refractivity contribution in [3.8, 4) is 0 Å². The van der Waals surface area contributed by atoms with Crippen molar-refractivity contribution in [1.29, 1.82) is 0 Å². The smallest absolute Gasteiger partial charge is 0.193 e. The second kappa shape index (κ2) is 15.0. The van der Waals surface area contributed by atoms with Gasteiger partial charge in [-0.3, -0.25) is 4.99 Å². The van der Waals surface area contributed by atoms with E-state index >= 15 is 0 Å². The molecule has 166 valence electrons. The van der Waals surface area contributed by atoms with Crippen molar-refractivity contribution in [2.24, 2.45) is 4.99 Å². The van der Waals surface area contributed by atoms with Gasteiger partial charge in [0.1, 0.15) is 0 Å². The highest BCUT2D eigenvalue weighted by Crippen LogP contribution is 2.08. The Hall–Kier alpha value is -0.860. The fraction of sp³-hybridized carbons (Fsp3) is 0.696. The number of nitrogens with one attached hydrogen (secondary N) is 1. The molecule has 1 heterocycles. The number of halogens is 1. The lowest BCUT2D eigenvalue weighted by Gasteiger charge is -2.33. The van der Waals surface area contributed by atoms with Crippen LogP contribution in [0.15, 0.2) is 29.3 Å². The molecule has 0 unspecified atom stereocenters. The summed E-state index contributed by atoms with van der Waals surface area (Å²) in [4.78, 5) is 12.2. The van der Waals surface area contributed by atoms with Crippen molar-refractivity contribution in [2.75, 3.05) is 59.4 Å². The summed E-state index contributed by atoms with van der Waals surface area (Å²) in [5.41, 5.74) is 2.72. The molecule has 6 heteroatoms. The van der Waals surface area contributed by atoms with Crippen LogP contribution in [0.5, 0.6) is 0 Å². The summed E-state index contributed by atoms with van der Waals surface area (Å²) < 4.78 is 0. The molecule has 1 fully saturated rings. The van der Waals surface area contributed by atoms with E-state index in [9.17, 15) is 0 Å². The number of likely N-dealkylation sites (N-methyl/N-ethyl adjacent to an activating group) is 1. The van der Waals surface area contributed by atoms with Gasteiger partial charge < -0.3 is 20.0 Å². The number of guanidine groups is 1. The highest BCUT2D eigenvalue weighted by Gasteiger charge is 2.14. The quantitative estimate of drug-likeness (QED) is 0.223. The molecule has 0 bridgehead atoms. The number of aliphatic imine (C=N–C) groups is 1. The van der Waals surface area contributed by atoms with Crippen LogP contribution >= 0.6 is 24.0 Å². The Bertz CT molecular complexity index is 567. The molecule has 0 amide bonds. The maximum absolute atomic E-state index is 4.86. The van der Waals surface area contributed by atoms with Gasteiger partial charge in [0, 0.05) is 52.9 Å². The number of piperazine rings is 1. The molecule has 1 aromatic carbocycles. The SMILES string of the molecule is CCNC(=NCCCCN1CCN(CC)CC1)N(C)Cc1ccc(CC)cc1.I. The Kier molecular flexibility index (Phi) is 13.6. The number of nitrogens with zero attached hydrogens (tertiary/aromatic N) is 4. The molecule has 1 saturated heterocycles. The van der Waals surface area contributed by atoms with Gasteiger partial charge in [0.05, 0.1) is 0 Å². The molecule has 1 aromatic rings. The van der Waals surface area contributed by atoms with Crippen LogP contribution < -0.4 is 5.32 Å². The topological polar surface area (TPSA) is 34.1 Å². The minimum atomic E-state index is 0. The van der Waals surface area contributed by atoms with Gasteiger partial charge in [0.25, 0.3) is 0 Å². The zero-order valence-corrected chi connectivity index (χ0v) is 21.3. The average Bonchev–Trinajstić information content (AvgIpc) is 2.73. The second-order valence-electron chi connectivity index (χ2n) is 7.74. The highest BCUT2D eigenvalue weighted by atomic mass is 127. The van der Waals surface area contributed by atoms with Crippen LogP contribution in [0.25, 0.3) is 0 Å². The summed E-state index contributed by atoms with van der Waals surface area (Å²) in [5.74, 6) is 1.01. The van der Waals surface area contributed by atoms with Gasteiger partial charge in [-0.2, -0.15) is 0 Å². The molecule has 29 heavy (non-hydrogen) atoms. The molecule has 2 rings (SSSR count). The van der Waals surface area contributed by atoms with Crippen molar-refractivity contribution in [3.63, 3.8) is 0 Å². The summed E-state index contributed by atoms with van der Waals surface area (Å²) in [6.45, 7) is 16.6. The maximum Gasteiger partial charge on any atom is 0.193 e. The first-order valence-electron chi connectivity index (χ1n) is 11.2. The molecular formula is C23H42IN5. The van der Waals surface area contributed by atoms with Crippen LogP contribution in [-0.4, -0.2) is 80.1 Å². The van der Waals surface area contributed by atoms with Crippen LogP contribution in [0.2, 0.25) is 0 Å². The van der Waals surface area contributed by atoms with Crippen molar-refractivity contribution < 1.29 is 0 Å². The van der Waals surface area contributed by atoms with Crippen LogP contribution in [0, 0.1) is 0 Å². The van der Waals surface area contributed by atoms with E-state index in [-0.39, 0.29) is 24.0 Å². The summed E-state index contributed by atoms with van der Waals surface area (Å²) in [6.07, 6.45) is 3.48. The predicted octanol–water partition coefficient (Wildman–Crippen LogP) is 3.68. The molecule has 0 radical (unpaired) electrons. The van der Waals surface area contributed by atoms with Crippen molar-refractivity contribution in [1.82, 2.24) is 20.0 Å². The highest BCUT2D eigenvalue weighted by molar-refractivity contribution is 14.0. The molecule has 1 aliphatic heterocycles. The summed E-state index contributed by atoms with van der Waals surface area (Å²) in [6, 6.07) is 8.93. The second-order valence-corrected chi connectivity index (χ2v) is 7.74. The van der Waals surface area contributed by atoms with Gasteiger partial charge in [0.15, 0.2) is 5.96 Å². The number of hydrogen-bond donors (Lipinski definition) is 1. The molecular weight excluding hydrogens is 473 g/mol. The largest absolute Gasteiger partial charge is 0.357 e. The lowest BCUT2D eigenvalue weighted by molar-refractivity contribution is 0.136. The van der Waals surface area contributed by atoms with E-state index in [2.05, 4.69) is 72.1 Å². The van der Waals surface area contributed by atoms with Gasteiger partial charge >= 0.3 is 0 Å². The minimum absolute atomic E-state index is 0. The Balaban J connectivity index is 0.00000420. The van der Waals surface area contributed by atoms with Gasteiger partial charge in [-0.25, -0.2) is 0 Å². The van der Waals surface area contributed by atoms with Crippen LogP contribution in [-0.2, 0) is 13.0 Å². The zero-order valence-electron chi connectivity index (χ0n) is 19.0. The first-order chi connectivity index (χ1) is 13.7. The average molecular weight is 516 g/mol. The van der Waals surface area contributed by atoms with E-state index in [1.54, 1.807) is 0 Å². The number of hydrogen-bond acceptors (Lipinski definition) is 3. The van der Waals surface area contributed by atoms with Crippen LogP contribution in [0.1, 0.15) is 44.7 Å². The lowest BCUT2D eigenvalue weighted by Crippen LogP contribution is -2.46. The summed E-state index contributed by atoms with van der Waals surface area (Å²) in [7, 11) is 2.13. The Labute approximate surface area is 195 Å². The van der Waals surface area contributed by atoms with E-state index in [4.69, 9.17) is 4.99 Å². The molecule has 0 atom stereocenters. The van der Waals surface area contributed by atoms with Crippen molar-refractivity contribution >= 4 is 29.9 Å². The van der Waals surface area contributed by atoms with Gasteiger partial charge in [-0.1, -0.05) is 38.1 Å². The van der Waals surface area contributed by atoms with Gasteiger partial charge in [0.2, 0.25) is 0 Å². The van der Waals surface area contributed by atoms with E-state index < -0.39 is 0 Å². The van der Waals surface area contributed by atoms with Crippen LogP contribution in [0.4, 0.5) is 0 Å². The maximum atomic E-state index is 4.86. The van der Waals surface area contributed by atoms with Crippen molar-refractivity contribution in [2.45, 2.75) is 46.6 Å². The zero-order chi connectivity index (χ0) is 20.2. The third-order valence-corrected chi connectivity index (χ3v) is 5.60. The molecule has 0 saturated carbocycles. The molecule has 1 aliphatic rings. The van der Waals surface area contributed by atoms with Crippen molar-refractivity contribution in [3.05, 3.63) is 35.4 Å². The standard InChI is InChI=1S/C23H41N5.HI/c1-5-21-10-12-22(13-11-21)20-26(4)23(24-6-2)25-14-8-9-15-28-18-16-27(7-3)17-19-28;/h10-13H,5-9,14-20H2,1-4H3,(H,24,25);1H.